The molecule has 2 N–H and O–H groups in total. The molecule has 0 aromatic rings. The number of aliphatic hydroxyl groups excluding tert-OH is 1. The van der Waals surface area contributed by atoms with Crippen LogP contribution in [0.5, 0.6) is 0 Å². The Kier molecular flexibility index (Phi) is 12.2. The second kappa shape index (κ2) is 12.4. The van der Waals surface area contributed by atoms with Crippen molar-refractivity contribution in [2.24, 2.45) is 0 Å². The van der Waals surface area contributed by atoms with E-state index in [0.29, 0.717) is 6.04 Å². The molecule has 0 radical (unpaired) electrons. The van der Waals surface area contributed by atoms with Gasteiger partial charge in [-0.3, -0.25) is 4.90 Å². The third-order valence-corrected chi connectivity index (χ3v) is 3.93. The molecule has 0 saturated carbocycles. The standard InChI is InChI=1S/C16H36N2O3/c1-6-16(14-19,17-15(2)3)8-7-9-18(10-12-20-4)11-13-21-5/h15,17,19H,6-14H2,1-5H3. The monoisotopic (exact) mass is 304 g/mol. The van der Waals surface area contributed by atoms with E-state index in [9.17, 15) is 5.11 Å². The number of ether oxygens (including phenoxy) is 2. The molecule has 0 aromatic carbocycles. The van der Waals surface area contributed by atoms with Crippen molar-refractivity contribution in [1.29, 1.82) is 0 Å². The molecule has 0 bridgehead atoms. The Morgan fingerprint density at radius 3 is 2.05 bits per heavy atom. The van der Waals surface area contributed by atoms with E-state index in [1.54, 1.807) is 14.2 Å². The van der Waals surface area contributed by atoms with Gasteiger partial charge in [-0.05, 0) is 25.8 Å². The summed E-state index contributed by atoms with van der Waals surface area (Å²) in [5.74, 6) is 0. The molecule has 1 atom stereocenters. The van der Waals surface area contributed by atoms with Crippen LogP contribution in [-0.4, -0.2) is 75.3 Å². The molecule has 128 valence electrons. The molecule has 0 spiro atoms. The van der Waals surface area contributed by atoms with Crippen LogP contribution in [0.1, 0.15) is 40.0 Å². The fourth-order valence-corrected chi connectivity index (χ4v) is 2.62. The summed E-state index contributed by atoms with van der Waals surface area (Å²) in [6, 6.07) is 0.384. The average molecular weight is 304 g/mol. The SMILES string of the molecule is CCC(CO)(CCCN(CCOC)CCOC)NC(C)C. The number of hydrogen-bond acceptors (Lipinski definition) is 5. The van der Waals surface area contributed by atoms with Crippen molar-refractivity contribution in [2.75, 3.05) is 53.7 Å². The largest absolute Gasteiger partial charge is 0.394 e. The number of nitrogens with zero attached hydrogens (tertiary/aromatic N) is 1. The van der Waals surface area contributed by atoms with E-state index in [1.165, 1.54) is 0 Å². The Bertz CT molecular complexity index is 226. The van der Waals surface area contributed by atoms with Crippen molar-refractivity contribution in [3.8, 4) is 0 Å². The van der Waals surface area contributed by atoms with Crippen LogP contribution in [0.4, 0.5) is 0 Å². The van der Waals surface area contributed by atoms with Gasteiger partial charge >= 0.3 is 0 Å². The fourth-order valence-electron chi connectivity index (χ4n) is 2.62. The van der Waals surface area contributed by atoms with Crippen LogP contribution < -0.4 is 5.32 Å². The Morgan fingerprint density at radius 1 is 1.10 bits per heavy atom. The summed E-state index contributed by atoms with van der Waals surface area (Å²) in [5, 5.41) is 13.3. The van der Waals surface area contributed by atoms with Gasteiger partial charge in [0, 0.05) is 38.9 Å². The molecule has 0 aliphatic rings. The summed E-state index contributed by atoms with van der Waals surface area (Å²) < 4.78 is 10.3. The minimum Gasteiger partial charge on any atom is -0.394 e. The normalized spacial score (nSPS) is 14.9. The van der Waals surface area contributed by atoms with Crippen LogP contribution in [0, 0.1) is 0 Å². The molecule has 1 unspecified atom stereocenters. The summed E-state index contributed by atoms with van der Waals surface area (Å²) in [7, 11) is 3.46. The van der Waals surface area contributed by atoms with E-state index >= 15 is 0 Å². The van der Waals surface area contributed by atoms with Gasteiger partial charge in [-0.25, -0.2) is 0 Å². The molecule has 0 rings (SSSR count). The van der Waals surface area contributed by atoms with Gasteiger partial charge < -0.3 is 19.9 Å². The van der Waals surface area contributed by atoms with Gasteiger partial charge in [-0.1, -0.05) is 20.8 Å². The van der Waals surface area contributed by atoms with Gasteiger partial charge in [-0.15, -0.1) is 0 Å². The highest BCUT2D eigenvalue weighted by molar-refractivity contribution is 4.87. The summed E-state index contributed by atoms with van der Waals surface area (Å²) in [6.07, 6.45) is 2.98. The summed E-state index contributed by atoms with van der Waals surface area (Å²) in [5.41, 5.74) is -0.150. The van der Waals surface area contributed by atoms with Crippen LogP contribution in [0.25, 0.3) is 0 Å². The maximum Gasteiger partial charge on any atom is 0.0613 e. The molecule has 0 heterocycles. The first-order chi connectivity index (χ1) is 10.0. The van der Waals surface area contributed by atoms with Gasteiger partial charge in [0.1, 0.15) is 0 Å². The Morgan fingerprint density at radius 2 is 1.67 bits per heavy atom. The highest BCUT2D eigenvalue weighted by Gasteiger charge is 2.27. The molecule has 5 heteroatoms. The molecular formula is C16H36N2O3. The van der Waals surface area contributed by atoms with Gasteiger partial charge in [-0.2, -0.15) is 0 Å². The highest BCUT2D eigenvalue weighted by Crippen LogP contribution is 2.18. The Hall–Kier alpha value is -0.200. The van der Waals surface area contributed by atoms with Crippen LogP contribution in [-0.2, 0) is 9.47 Å². The fraction of sp³-hybridized carbons (Fsp3) is 1.00. The molecule has 0 aliphatic heterocycles. The smallest absolute Gasteiger partial charge is 0.0613 e. The van der Waals surface area contributed by atoms with Crippen molar-refractivity contribution < 1.29 is 14.6 Å². The Balaban J connectivity index is 4.28. The first-order valence-corrected chi connectivity index (χ1v) is 8.12. The predicted octanol–water partition coefficient (Wildman–Crippen LogP) is 1.50. The first kappa shape index (κ1) is 20.8. The predicted molar refractivity (Wildman–Crippen MR) is 87.8 cm³/mol. The molecule has 0 amide bonds. The number of hydrogen-bond donors (Lipinski definition) is 2. The zero-order chi connectivity index (χ0) is 16.1. The maximum atomic E-state index is 9.76. The first-order valence-electron chi connectivity index (χ1n) is 8.12. The molecule has 0 saturated heterocycles. The molecule has 0 aromatic heterocycles. The third kappa shape index (κ3) is 9.42. The van der Waals surface area contributed by atoms with Crippen LogP contribution >= 0.6 is 0 Å². The minimum absolute atomic E-state index is 0.150. The maximum absolute atomic E-state index is 9.76. The Labute approximate surface area is 131 Å². The van der Waals surface area contributed by atoms with Gasteiger partial charge in [0.25, 0.3) is 0 Å². The van der Waals surface area contributed by atoms with Crippen LogP contribution in [0.2, 0.25) is 0 Å². The highest BCUT2D eigenvalue weighted by atomic mass is 16.5. The quantitative estimate of drug-likeness (QED) is 0.509. The lowest BCUT2D eigenvalue weighted by molar-refractivity contribution is 0.102. The number of methoxy groups -OCH3 is 2. The molecule has 0 fully saturated rings. The molecular weight excluding hydrogens is 268 g/mol. The zero-order valence-electron chi connectivity index (χ0n) is 14.7. The third-order valence-electron chi connectivity index (χ3n) is 3.93. The van der Waals surface area contributed by atoms with E-state index < -0.39 is 0 Å². The second-order valence-corrected chi connectivity index (χ2v) is 6.02. The van der Waals surface area contributed by atoms with Crippen molar-refractivity contribution in [3.63, 3.8) is 0 Å². The number of aliphatic hydroxyl groups is 1. The van der Waals surface area contributed by atoms with E-state index in [-0.39, 0.29) is 12.1 Å². The van der Waals surface area contributed by atoms with Gasteiger partial charge in [0.15, 0.2) is 0 Å². The van der Waals surface area contributed by atoms with Crippen molar-refractivity contribution in [2.45, 2.75) is 51.6 Å². The number of rotatable bonds is 14. The van der Waals surface area contributed by atoms with Crippen molar-refractivity contribution in [3.05, 3.63) is 0 Å². The van der Waals surface area contributed by atoms with Crippen molar-refractivity contribution in [1.82, 2.24) is 10.2 Å². The van der Waals surface area contributed by atoms with Gasteiger partial charge in [0.2, 0.25) is 0 Å². The topological polar surface area (TPSA) is 54.0 Å². The van der Waals surface area contributed by atoms with Crippen molar-refractivity contribution >= 4 is 0 Å². The minimum atomic E-state index is -0.150. The average Bonchev–Trinajstić information content (AvgIpc) is 2.47. The molecule has 0 aliphatic carbocycles. The van der Waals surface area contributed by atoms with E-state index in [0.717, 1.165) is 52.1 Å². The van der Waals surface area contributed by atoms with E-state index in [1.807, 2.05) is 0 Å². The molecule has 5 nitrogen and oxygen atoms in total. The van der Waals surface area contributed by atoms with Crippen LogP contribution in [0.3, 0.4) is 0 Å². The zero-order valence-corrected chi connectivity index (χ0v) is 14.7. The second-order valence-electron chi connectivity index (χ2n) is 6.02. The number of nitrogens with one attached hydrogen (secondary N) is 1. The van der Waals surface area contributed by atoms with E-state index in [4.69, 9.17) is 9.47 Å². The van der Waals surface area contributed by atoms with Crippen LogP contribution in [0.15, 0.2) is 0 Å². The lowest BCUT2D eigenvalue weighted by Crippen LogP contribution is -2.51. The van der Waals surface area contributed by atoms with Gasteiger partial charge in [0.05, 0.1) is 19.8 Å². The van der Waals surface area contributed by atoms with E-state index in [2.05, 4.69) is 31.0 Å². The lowest BCUT2D eigenvalue weighted by Gasteiger charge is -2.35. The lowest BCUT2D eigenvalue weighted by atomic mass is 9.90. The molecule has 21 heavy (non-hydrogen) atoms. The summed E-state index contributed by atoms with van der Waals surface area (Å²) >= 11 is 0. The summed E-state index contributed by atoms with van der Waals surface area (Å²) in [4.78, 5) is 2.36. The summed E-state index contributed by atoms with van der Waals surface area (Å²) in [6.45, 7) is 10.9.